The molecule has 2 atom stereocenters. The van der Waals surface area contributed by atoms with Crippen molar-refractivity contribution >= 4 is 0 Å². The van der Waals surface area contributed by atoms with Crippen molar-refractivity contribution < 1.29 is 0 Å². The summed E-state index contributed by atoms with van der Waals surface area (Å²) in [4.78, 5) is 2.55. The van der Waals surface area contributed by atoms with Crippen molar-refractivity contribution in [1.82, 2.24) is 4.90 Å². The smallest absolute Gasteiger partial charge is 0.000651 e. The highest BCUT2D eigenvalue weighted by Gasteiger charge is 2.12. The van der Waals surface area contributed by atoms with Crippen LogP contribution in [-0.2, 0) is 0 Å². The molecule has 0 aromatic carbocycles. The summed E-state index contributed by atoms with van der Waals surface area (Å²) in [6.07, 6.45) is 8.29. The summed E-state index contributed by atoms with van der Waals surface area (Å²) < 4.78 is 0. The molecule has 0 amide bonds. The molecule has 0 saturated carbocycles. The lowest BCUT2D eigenvalue weighted by Gasteiger charge is -2.25. The van der Waals surface area contributed by atoms with Gasteiger partial charge >= 0.3 is 0 Å². The summed E-state index contributed by atoms with van der Waals surface area (Å²) >= 11 is 0. The third-order valence-electron chi connectivity index (χ3n) is 4.47. The van der Waals surface area contributed by atoms with Gasteiger partial charge in [-0.05, 0) is 44.2 Å². The Morgan fingerprint density at radius 3 is 2.11 bits per heavy atom. The van der Waals surface area contributed by atoms with E-state index < -0.39 is 0 Å². The minimum absolute atomic E-state index is 0.824. The van der Waals surface area contributed by atoms with E-state index in [2.05, 4.69) is 46.6 Å². The molecule has 0 aromatic heterocycles. The second-order valence-electron chi connectivity index (χ2n) is 6.54. The second kappa shape index (κ2) is 10.8. The van der Waals surface area contributed by atoms with Gasteiger partial charge in [0.15, 0.2) is 0 Å². The van der Waals surface area contributed by atoms with Gasteiger partial charge in [0.05, 0.1) is 0 Å². The molecular formula is C17H37N. The number of hydrogen-bond donors (Lipinski definition) is 0. The third-order valence-corrected chi connectivity index (χ3v) is 4.47. The van der Waals surface area contributed by atoms with E-state index in [0.717, 1.165) is 17.8 Å². The molecule has 0 heterocycles. The van der Waals surface area contributed by atoms with Crippen LogP contribution in [0.3, 0.4) is 0 Å². The third kappa shape index (κ3) is 8.97. The maximum absolute atomic E-state index is 2.55. The number of hydrogen-bond acceptors (Lipinski definition) is 1. The first kappa shape index (κ1) is 18.0. The van der Waals surface area contributed by atoms with Gasteiger partial charge in [-0.2, -0.15) is 0 Å². The van der Waals surface area contributed by atoms with E-state index in [1.165, 1.54) is 51.6 Å². The zero-order chi connectivity index (χ0) is 14.0. The largest absolute Gasteiger partial charge is 0.306 e. The molecule has 0 saturated heterocycles. The van der Waals surface area contributed by atoms with Gasteiger partial charge in [-0.25, -0.2) is 0 Å². The Kier molecular flexibility index (Phi) is 10.8. The van der Waals surface area contributed by atoms with E-state index in [9.17, 15) is 0 Å². The first-order valence-corrected chi connectivity index (χ1v) is 8.19. The molecule has 0 aliphatic rings. The fourth-order valence-electron chi connectivity index (χ4n) is 2.40. The molecule has 0 bridgehead atoms. The standard InChI is InChI=1S/C17H37N/c1-7-9-10-11-17(8-2)14-18(6)13-12-16(5)15(3)4/h15-17H,7-14H2,1-6H3. The molecule has 0 fully saturated rings. The fraction of sp³-hybridized carbons (Fsp3) is 1.00. The van der Waals surface area contributed by atoms with Gasteiger partial charge in [0.2, 0.25) is 0 Å². The molecule has 0 rings (SSSR count). The highest BCUT2D eigenvalue weighted by Crippen LogP contribution is 2.17. The van der Waals surface area contributed by atoms with Crippen molar-refractivity contribution in [2.75, 3.05) is 20.1 Å². The fourth-order valence-corrected chi connectivity index (χ4v) is 2.40. The summed E-state index contributed by atoms with van der Waals surface area (Å²) in [6.45, 7) is 14.3. The van der Waals surface area contributed by atoms with E-state index in [1.54, 1.807) is 0 Å². The first-order chi connectivity index (χ1) is 8.51. The van der Waals surface area contributed by atoms with E-state index in [4.69, 9.17) is 0 Å². The average molecular weight is 255 g/mol. The summed E-state index contributed by atoms with van der Waals surface area (Å²) in [5, 5.41) is 0. The quantitative estimate of drug-likeness (QED) is 0.458. The molecule has 0 aliphatic heterocycles. The van der Waals surface area contributed by atoms with Gasteiger partial charge in [-0.15, -0.1) is 0 Å². The lowest BCUT2D eigenvalue weighted by atomic mass is 9.94. The monoisotopic (exact) mass is 255 g/mol. The van der Waals surface area contributed by atoms with Crippen LogP contribution >= 0.6 is 0 Å². The molecule has 18 heavy (non-hydrogen) atoms. The molecule has 2 unspecified atom stereocenters. The highest BCUT2D eigenvalue weighted by atomic mass is 15.1. The van der Waals surface area contributed by atoms with E-state index in [-0.39, 0.29) is 0 Å². The summed E-state index contributed by atoms with van der Waals surface area (Å²) in [5.74, 6) is 2.59. The van der Waals surface area contributed by atoms with Crippen molar-refractivity contribution in [3.63, 3.8) is 0 Å². The Hall–Kier alpha value is -0.0400. The van der Waals surface area contributed by atoms with Crippen LogP contribution in [-0.4, -0.2) is 25.0 Å². The molecule has 0 radical (unpaired) electrons. The van der Waals surface area contributed by atoms with Crippen molar-refractivity contribution in [2.24, 2.45) is 17.8 Å². The summed E-state index contributed by atoms with van der Waals surface area (Å²) in [6, 6.07) is 0. The molecule has 110 valence electrons. The Bertz CT molecular complexity index is 176. The predicted octanol–water partition coefficient (Wildman–Crippen LogP) is 5.21. The van der Waals surface area contributed by atoms with Gasteiger partial charge in [0.25, 0.3) is 0 Å². The SMILES string of the molecule is CCCCCC(CC)CN(C)CCC(C)C(C)C. The van der Waals surface area contributed by atoms with Gasteiger partial charge in [0.1, 0.15) is 0 Å². The maximum atomic E-state index is 2.55. The topological polar surface area (TPSA) is 3.24 Å². The van der Waals surface area contributed by atoms with Gasteiger partial charge in [-0.3, -0.25) is 0 Å². The molecule has 1 heteroatoms. The summed E-state index contributed by atoms with van der Waals surface area (Å²) in [5.41, 5.74) is 0. The van der Waals surface area contributed by atoms with Gasteiger partial charge in [0, 0.05) is 6.54 Å². The number of unbranched alkanes of at least 4 members (excludes halogenated alkanes) is 2. The van der Waals surface area contributed by atoms with Crippen LogP contribution in [0.1, 0.15) is 73.1 Å². The average Bonchev–Trinajstić information content (AvgIpc) is 2.34. The van der Waals surface area contributed by atoms with Crippen LogP contribution < -0.4 is 0 Å². The molecule has 0 aromatic rings. The summed E-state index contributed by atoms with van der Waals surface area (Å²) in [7, 11) is 2.30. The number of nitrogens with zero attached hydrogens (tertiary/aromatic N) is 1. The van der Waals surface area contributed by atoms with Crippen molar-refractivity contribution in [3.05, 3.63) is 0 Å². The minimum atomic E-state index is 0.824. The van der Waals surface area contributed by atoms with Crippen molar-refractivity contribution in [2.45, 2.75) is 73.1 Å². The minimum Gasteiger partial charge on any atom is -0.306 e. The van der Waals surface area contributed by atoms with Gasteiger partial charge < -0.3 is 4.90 Å². The van der Waals surface area contributed by atoms with Crippen LogP contribution in [0, 0.1) is 17.8 Å². The highest BCUT2D eigenvalue weighted by molar-refractivity contribution is 4.65. The second-order valence-corrected chi connectivity index (χ2v) is 6.54. The van der Waals surface area contributed by atoms with Crippen LogP contribution in [0.2, 0.25) is 0 Å². The maximum Gasteiger partial charge on any atom is 0.000651 e. The Labute approximate surface area is 116 Å². The zero-order valence-corrected chi connectivity index (χ0v) is 13.8. The molecule has 0 N–H and O–H groups in total. The molecule has 0 aliphatic carbocycles. The lowest BCUT2D eigenvalue weighted by Crippen LogP contribution is -2.28. The first-order valence-electron chi connectivity index (χ1n) is 8.19. The Morgan fingerprint density at radius 1 is 0.944 bits per heavy atom. The van der Waals surface area contributed by atoms with Crippen LogP contribution in [0.25, 0.3) is 0 Å². The Balaban J connectivity index is 3.78. The van der Waals surface area contributed by atoms with E-state index in [0.29, 0.717) is 0 Å². The Morgan fingerprint density at radius 2 is 1.61 bits per heavy atom. The van der Waals surface area contributed by atoms with E-state index >= 15 is 0 Å². The predicted molar refractivity (Wildman–Crippen MR) is 84.0 cm³/mol. The molecular weight excluding hydrogens is 218 g/mol. The zero-order valence-electron chi connectivity index (χ0n) is 13.8. The lowest BCUT2D eigenvalue weighted by molar-refractivity contribution is 0.233. The van der Waals surface area contributed by atoms with Crippen molar-refractivity contribution in [1.29, 1.82) is 0 Å². The molecule has 1 nitrogen and oxygen atoms in total. The van der Waals surface area contributed by atoms with Crippen LogP contribution in [0.15, 0.2) is 0 Å². The van der Waals surface area contributed by atoms with Crippen LogP contribution in [0.4, 0.5) is 0 Å². The normalized spacial score (nSPS) is 15.3. The number of rotatable bonds is 11. The molecule has 0 spiro atoms. The van der Waals surface area contributed by atoms with E-state index in [1.807, 2.05) is 0 Å². The van der Waals surface area contributed by atoms with Crippen LogP contribution in [0.5, 0.6) is 0 Å². The van der Waals surface area contributed by atoms with Gasteiger partial charge in [-0.1, -0.05) is 60.3 Å². The van der Waals surface area contributed by atoms with Crippen molar-refractivity contribution in [3.8, 4) is 0 Å².